The minimum absolute atomic E-state index is 0.145. The molecule has 0 bridgehead atoms. The summed E-state index contributed by atoms with van der Waals surface area (Å²) in [5.74, 6) is -1.50. The van der Waals surface area contributed by atoms with E-state index in [9.17, 15) is 14.4 Å². The van der Waals surface area contributed by atoms with E-state index in [0.29, 0.717) is 23.1 Å². The maximum Gasteiger partial charge on any atom is 0.347 e. The molecular weight excluding hydrogens is 390 g/mol. The van der Waals surface area contributed by atoms with Crippen LogP contribution >= 0.6 is 23.5 Å². The van der Waals surface area contributed by atoms with Crippen LogP contribution in [0.1, 0.15) is 48.5 Å². The van der Waals surface area contributed by atoms with Crippen molar-refractivity contribution in [2.24, 2.45) is 0 Å². The molecule has 0 aromatic carbocycles. The summed E-state index contributed by atoms with van der Waals surface area (Å²) < 4.78 is 16.6. The number of carbonyl (C=O) groups is 3. The van der Waals surface area contributed by atoms with E-state index in [1.165, 1.54) is 30.4 Å². The smallest absolute Gasteiger partial charge is 0.347 e. The Morgan fingerprint density at radius 2 is 1.52 bits per heavy atom. The summed E-state index contributed by atoms with van der Waals surface area (Å²) in [4.78, 5) is 38.8. The molecule has 0 aromatic rings. The van der Waals surface area contributed by atoms with Gasteiger partial charge in [-0.15, -0.1) is 11.8 Å². The van der Waals surface area contributed by atoms with Crippen LogP contribution in [0, 0.1) is 0 Å². The summed E-state index contributed by atoms with van der Waals surface area (Å²) in [6.07, 6.45) is -0.755. The summed E-state index contributed by atoms with van der Waals surface area (Å²) in [6.45, 7) is 13.4. The van der Waals surface area contributed by atoms with Crippen molar-refractivity contribution in [2.45, 2.75) is 65.7 Å². The molecule has 7 nitrogen and oxygen atoms in total. The number of carbonyl (C=O) groups excluding carboxylic acids is 3. The van der Waals surface area contributed by atoms with Crippen LogP contribution in [-0.2, 0) is 28.6 Å². The third kappa shape index (κ3) is 6.43. The molecule has 0 aromatic heterocycles. The Labute approximate surface area is 169 Å². The highest BCUT2D eigenvalue weighted by atomic mass is 32.2. The van der Waals surface area contributed by atoms with Gasteiger partial charge in [0.1, 0.15) is 0 Å². The Morgan fingerprint density at radius 1 is 1.04 bits per heavy atom. The lowest BCUT2D eigenvalue weighted by molar-refractivity contribution is -0.158. The zero-order valence-electron chi connectivity index (χ0n) is 17.0. The second kappa shape index (κ2) is 10.4. The monoisotopic (exact) mass is 419 g/mol. The van der Waals surface area contributed by atoms with Gasteiger partial charge in [0.25, 0.3) is 0 Å². The summed E-state index contributed by atoms with van der Waals surface area (Å²) in [6, 6.07) is 0. The van der Waals surface area contributed by atoms with E-state index in [2.05, 4.69) is 0 Å². The molecule has 1 saturated heterocycles. The van der Waals surface area contributed by atoms with E-state index >= 15 is 0 Å². The fraction of sp³-hybridized carbons (Fsp3) is 0.722. The molecule has 1 heterocycles. The van der Waals surface area contributed by atoms with Gasteiger partial charge in [0.2, 0.25) is 5.06 Å². The first-order valence-corrected chi connectivity index (χ1v) is 10.8. The molecule has 0 spiro atoms. The minimum atomic E-state index is -0.975. The van der Waals surface area contributed by atoms with Gasteiger partial charge in [0, 0.05) is 6.92 Å². The Morgan fingerprint density at radius 3 is 1.89 bits per heavy atom. The number of thioether (sulfide) groups is 2. The number of nitrogens with zero attached hydrogens (tertiary/aromatic N) is 1. The van der Waals surface area contributed by atoms with Gasteiger partial charge in [-0.1, -0.05) is 25.6 Å². The number of hydrogen-bond donors (Lipinski definition) is 0. The Kier molecular flexibility index (Phi) is 9.17. The molecule has 27 heavy (non-hydrogen) atoms. The van der Waals surface area contributed by atoms with E-state index in [-0.39, 0.29) is 17.8 Å². The largest absolute Gasteiger partial charge is 0.459 e. The predicted octanol–water partition coefficient (Wildman–Crippen LogP) is 3.14. The first kappa shape index (κ1) is 23.8. The number of ether oxygens (including phenoxy) is 3. The molecule has 1 unspecified atom stereocenters. The number of esters is 3. The average Bonchev–Trinajstić information content (AvgIpc) is 2.90. The Hall–Kier alpha value is -1.19. The normalized spacial score (nSPS) is 19.6. The maximum atomic E-state index is 12.6. The van der Waals surface area contributed by atoms with Crippen LogP contribution in [0.2, 0.25) is 0 Å². The van der Waals surface area contributed by atoms with Crippen LogP contribution in [0.5, 0.6) is 0 Å². The fourth-order valence-corrected chi connectivity index (χ4v) is 5.67. The van der Waals surface area contributed by atoms with Crippen molar-refractivity contribution < 1.29 is 28.6 Å². The molecule has 154 valence electrons. The van der Waals surface area contributed by atoms with Crippen molar-refractivity contribution in [3.05, 3.63) is 9.81 Å². The first-order valence-electron chi connectivity index (χ1n) is 8.98. The van der Waals surface area contributed by atoms with Gasteiger partial charge >= 0.3 is 17.9 Å². The van der Waals surface area contributed by atoms with Gasteiger partial charge in [0.05, 0.1) is 22.2 Å². The van der Waals surface area contributed by atoms with Crippen molar-refractivity contribution in [3.8, 4) is 0 Å². The molecule has 1 aliphatic rings. The van der Waals surface area contributed by atoms with Crippen LogP contribution < -0.4 is 0 Å². The molecule has 1 fully saturated rings. The van der Waals surface area contributed by atoms with E-state index in [4.69, 9.17) is 14.2 Å². The van der Waals surface area contributed by atoms with E-state index < -0.39 is 23.0 Å². The molecule has 0 radical (unpaired) electrons. The average molecular weight is 420 g/mol. The summed E-state index contributed by atoms with van der Waals surface area (Å²) in [5, 5.41) is -0.975. The van der Waals surface area contributed by atoms with Gasteiger partial charge in [-0.2, -0.15) is 0 Å². The highest BCUT2D eigenvalue weighted by Crippen LogP contribution is 2.53. The molecule has 0 saturated carbocycles. The number of hydrogen-bond acceptors (Lipinski definition) is 9. The molecule has 1 atom stereocenters. The van der Waals surface area contributed by atoms with Gasteiger partial charge < -0.3 is 14.2 Å². The van der Waals surface area contributed by atoms with Gasteiger partial charge in [-0.05, 0) is 40.8 Å². The third-order valence-electron chi connectivity index (χ3n) is 3.48. The fourth-order valence-electron chi connectivity index (χ4n) is 2.48. The van der Waals surface area contributed by atoms with Gasteiger partial charge in [-0.25, -0.2) is 9.59 Å². The topological polar surface area (TPSA) is 82.1 Å². The SMILES string of the molecule is CCN(CC)C1(OC(C)=O)CSC(=C(C(=O)OC(C)C)C(=O)OC(C)C)S1. The Balaban J connectivity index is 3.34. The van der Waals surface area contributed by atoms with E-state index in [1.54, 1.807) is 27.7 Å². The second-order valence-corrected chi connectivity index (χ2v) is 8.93. The third-order valence-corrected chi connectivity index (χ3v) is 6.47. The van der Waals surface area contributed by atoms with Crippen molar-refractivity contribution in [1.82, 2.24) is 4.90 Å². The lowest BCUT2D eigenvalue weighted by Crippen LogP contribution is -2.49. The van der Waals surface area contributed by atoms with Crippen LogP contribution in [0.25, 0.3) is 0 Å². The lowest BCUT2D eigenvalue weighted by Gasteiger charge is -2.37. The van der Waals surface area contributed by atoms with Crippen LogP contribution in [0.3, 0.4) is 0 Å². The lowest BCUT2D eigenvalue weighted by atomic mass is 10.3. The maximum absolute atomic E-state index is 12.6. The quantitative estimate of drug-likeness (QED) is 0.147. The second-order valence-electron chi connectivity index (χ2n) is 6.44. The van der Waals surface area contributed by atoms with Crippen LogP contribution in [0.4, 0.5) is 0 Å². The zero-order chi connectivity index (χ0) is 20.8. The molecule has 0 aliphatic carbocycles. The number of rotatable bonds is 8. The molecule has 9 heteroatoms. The molecule has 1 aliphatic heterocycles. The van der Waals surface area contributed by atoms with Gasteiger partial charge in [0.15, 0.2) is 5.57 Å². The van der Waals surface area contributed by atoms with Crippen molar-refractivity contribution in [1.29, 1.82) is 0 Å². The summed E-state index contributed by atoms with van der Waals surface area (Å²) in [5.41, 5.74) is -0.145. The Bertz CT molecular complexity index is 577. The van der Waals surface area contributed by atoms with E-state index in [1.807, 2.05) is 18.7 Å². The molecule has 1 rings (SSSR count). The predicted molar refractivity (Wildman–Crippen MR) is 107 cm³/mol. The van der Waals surface area contributed by atoms with Crippen molar-refractivity contribution >= 4 is 41.4 Å². The highest BCUT2D eigenvalue weighted by molar-refractivity contribution is 8.26. The first-order chi connectivity index (χ1) is 12.6. The summed E-state index contributed by atoms with van der Waals surface area (Å²) in [7, 11) is 0. The standard InChI is InChI=1S/C18H29NO6S2/c1-8-19(9-2)18(25-13(7)20)10-26-17(27-18)14(15(21)23-11(3)4)16(22)24-12(5)6/h11-12H,8-10H2,1-7H3. The van der Waals surface area contributed by atoms with Crippen molar-refractivity contribution in [2.75, 3.05) is 18.8 Å². The highest BCUT2D eigenvalue weighted by Gasteiger charge is 2.48. The van der Waals surface area contributed by atoms with Gasteiger partial charge in [-0.3, -0.25) is 9.69 Å². The molecule has 0 amide bonds. The zero-order valence-corrected chi connectivity index (χ0v) is 18.6. The van der Waals surface area contributed by atoms with E-state index in [0.717, 1.165) is 0 Å². The van der Waals surface area contributed by atoms with Crippen molar-refractivity contribution in [3.63, 3.8) is 0 Å². The van der Waals surface area contributed by atoms with Crippen LogP contribution in [0.15, 0.2) is 9.81 Å². The molecular formula is C18H29NO6S2. The van der Waals surface area contributed by atoms with Crippen LogP contribution in [-0.4, -0.2) is 58.9 Å². The minimum Gasteiger partial charge on any atom is -0.459 e. The summed E-state index contributed by atoms with van der Waals surface area (Å²) >= 11 is 2.48. The molecule has 0 N–H and O–H groups in total.